The minimum absolute atomic E-state index is 0.00249. The summed E-state index contributed by atoms with van der Waals surface area (Å²) in [7, 11) is -3.61. The zero-order valence-corrected chi connectivity index (χ0v) is 19.7. The van der Waals surface area contributed by atoms with Gasteiger partial charge in [-0.2, -0.15) is 0 Å². The number of hydrogen-bond donors (Lipinski definition) is 1. The first-order valence-corrected chi connectivity index (χ1v) is 13.2. The van der Waals surface area contributed by atoms with Crippen LogP contribution in [-0.2, 0) is 14.6 Å². The minimum atomic E-state index is -3.61. The van der Waals surface area contributed by atoms with Gasteiger partial charge >= 0.3 is 0 Å². The van der Waals surface area contributed by atoms with Crippen LogP contribution in [0.3, 0.4) is 0 Å². The van der Waals surface area contributed by atoms with Crippen LogP contribution in [0.5, 0.6) is 0 Å². The predicted octanol–water partition coefficient (Wildman–Crippen LogP) is 3.07. The number of carbonyl (C=O) groups excluding carboxylic acids is 2. The normalized spacial score (nSPS) is 26.8. The molecule has 0 spiro atoms. The molecule has 2 aromatic rings. The van der Waals surface area contributed by atoms with E-state index in [1.807, 2.05) is 0 Å². The van der Waals surface area contributed by atoms with E-state index < -0.39 is 50.8 Å². The first-order valence-electron chi connectivity index (χ1n) is 10.9. The van der Waals surface area contributed by atoms with Crippen molar-refractivity contribution in [1.82, 2.24) is 9.88 Å². The molecule has 34 heavy (non-hydrogen) atoms. The third-order valence-electron chi connectivity index (χ3n) is 7.32. The van der Waals surface area contributed by atoms with Crippen LogP contribution in [0.4, 0.5) is 8.78 Å². The number of aromatic nitrogens is 1. The fraction of sp³-hybridized carbons (Fsp3) is 0.435. The van der Waals surface area contributed by atoms with Crippen LogP contribution in [0.2, 0.25) is 5.02 Å². The van der Waals surface area contributed by atoms with Crippen LogP contribution < -0.4 is 5.73 Å². The van der Waals surface area contributed by atoms with Crippen LogP contribution in [0, 0.1) is 23.5 Å². The highest BCUT2D eigenvalue weighted by atomic mass is 35.5. The van der Waals surface area contributed by atoms with Gasteiger partial charge in [0, 0.05) is 18.4 Å². The molecule has 11 heteroatoms. The van der Waals surface area contributed by atoms with E-state index in [0.29, 0.717) is 12.8 Å². The Morgan fingerprint density at radius 2 is 1.94 bits per heavy atom. The van der Waals surface area contributed by atoms with Gasteiger partial charge in [0.15, 0.2) is 9.84 Å². The van der Waals surface area contributed by atoms with Gasteiger partial charge in [-0.1, -0.05) is 11.6 Å². The number of amides is 2. The van der Waals surface area contributed by atoms with Gasteiger partial charge in [-0.3, -0.25) is 14.6 Å². The summed E-state index contributed by atoms with van der Waals surface area (Å²) in [6.07, 6.45) is 4.56. The van der Waals surface area contributed by atoms with E-state index in [0.717, 1.165) is 37.3 Å². The molecule has 0 radical (unpaired) electrons. The van der Waals surface area contributed by atoms with Crippen molar-refractivity contribution in [3.63, 3.8) is 0 Å². The molecule has 2 heterocycles. The summed E-state index contributed by atoms with van der Waals surface area (Å²) in [6.45, 7) is 0. The zero-order chi connectivity index (χ0) is 24.6. The van der Waals surface area contributed by atoms with Gasteiger partial charge in [-0.15, -0.1) is 0 Å². The quantitative estimate of drug-likeness (QED) is 0.602. The van der Waals surface area contributed by atoms with Crippen molar-refractivity contribution in [2.75, 3.05) is 6.26 Å². The Labute approximate surface area is 200 Å². The average Bonchev–Trinajstić information content (AvgIpc) is 3.69. The van der Waals surface area contributed by atoms with Crippen molar-refractivity contribution >= 4 is 33.3 Å². The van der Waals surface area contributed by atoms with E-state index in [4.69, 9.17) is 17.3 Å². The zero-order valence-electron chi connectivity index (χ0n) is 18.2. The third kappa shape index (κ3) is 3.58. The van der Waals surface area contributed by atoms with Crippen molar-refractivity contribution in [1.29, 1.82) is 0 Å². The summed E-state index contributed by atoms with van der Waals surface area (Å²) < 4.78 is 53.5. The molecule has 1 aliphatic heterocycles. The van der Waals surface area contributed by atoms with Gasteiger partial charge in [-0.05, 0) is 67.3 Å². The van der Waals surface area contributed by atoms with E-state index >= 15 is 4.39 Å². The number of sulfone groups is 1. The topological polar surface area (TPSA) is 110 Å². The molecule has 2 saturated carbocycles. The molecule has 3 unspecified atom stereocenters. The maximum atomic E-state index is 15.1. The fourth-order valence-corrected chi connectivity index (χ4v) is 6.49. The second-order valence-corrected chi connectivity index (χ2v) is 11.9. The number of fused-ring (bicyclic) bond motifs is 1. The molecule has 2 N–H and O–H groups in total. The molecular weight excluding hydrogens is 488 g/mol. The van der Waals surface area contributed by atoms with Gasteiger partial charge in [0.2, 0.25) is 5.91 Å². The molecule has 180 valence electrons. The summed E-state index contributed by atoms with van der Waals surface area (Å²) in [5, 5.41) is -0.336. The fourth-order valence-electron chi connectivity index (χ4n) is 5.71. The second-order valence-electron chi connectivity index (χ2n) is 9.47. The molecular formula is C23H22ClF2N3O4S. The number of likely N-dealkylation sites (tertiary alicyclic amines) is 1. The minimum Gasteiger partial charge on any atom is -0.368 e. The molecule has 2 amide bonds. The van der Waals surface area contributed by atoms with Gasteiger partial charge in [0.25, 0.3) is 5.91 Å². The maximum absolute atomic E-state index is 15.1. The summed E-state index contributed by atoms with van der Waals surface area (Å²) in [4.78, 5) is 31.4. The van der Waals surface area contributed by atoms with E-state index in [2.05, 4.69) is 4.98 Å². The van der Waals surface area contributed by atoms with Crippen LogP contribution in [0.15, 0.2) is 35.4 Å². The standard InChI is InChI=1S/C23H22ClF2N3O4S/c1-34(32,33)13-4-5-28-18(7-13)22(31)29-19(21(27)30)6-12-10-23(12,29)20(11-2-3-11)14-8-17(26)15(24)9-16(14)25/h4-5,7-9,11-12,19-20H,2-3,6,10H2,1H3,(H2,27,30)/t12?,19?,20-,23?/m1/s1. The summed E-state index contributed by atoms with van der Waals surface area (Å²) in [5.41, 5.74) is 4.67. The van der Waals surface area contributed by atoms with Crippen molar-refractivity contribution < 1.29 is 26.8 Å². The number of primary amides is 1. The molecule has 3 fully saturated rings. The van der Waals surface area contributed by atoms with E-state index in [1.165, 1.54) is 17.2 Å². The number of carbonyl (C=O) groups is 2. The number of pyridine rings is 1. The van der Waals surface area contributed by atoms with E-state index in [9.17, 15) is 22.4 Å². The van der Waals surface area contributed by atoms with Gasteiger partial charge < -0.3 is 10.6 Å². The van der Waals surface area contributed by atoms with Crippen molar-refractivity contribution in [2.45, 2.75) is 48.1 Å². The number of nitrogens with two attached hydrogens (primary N) is 1. The predicted molar refractivity (Wildman–Crippen MR) is 119 cm³/mol. The summed E-state index contributed by atoms with van der Waals surface area (Å²) in [6, 6.07) is 3.48. The Morgan fingerprint density at radius 1 is 1.24 bits per heavy atom. The summed E-state index contributed by atoms with van der Waals surface area (Å²) >= 11 is 5.77. The molecule has 5 rings (SSSR count). The Kier molecular flexibility index (Phi) is 5.25. The molecule has 0 bridgehead atoms. The Bertz CT molecular complexity index is 1330. The number of benzene rings is 1. The molecule has 2 aliphatic carbocycles. The monoisotopic (exact) mass is 509 g/mol. The highest BCUT2D eigenvalue weighted by Crippen LogP contribution is 2.69. The highest BCUT2D eigenvalue weighted by molar-refractivity contribution is 7.90. The first-order chi connectivity index (χ1) is 15.9. The Hall–Kier alpha value is -2.59. The van der Waals surface area contributed by atoms with Crippen molar-refractivity contribution in [3.8, 4) is 0 Å². The average molecular weight is 510 g/mol. The van der Waals surface area contributed by atoms with Crippen LogP contribution >= 0.6 is 11.6 Å². The lowest BCUT2D eigenvalue weighted by Gasteiger charge is -2.38. The first kappa shape index (κ1) is 23.2. The molecule has 7 nitrogen and oxygen atoms in total. The van der Waals surface area contributed by atoms with Gasteiger partial charge in [0.1, 0.15) is 23.4 Å². The number of halogens is 3. The van der Waals surface area contributed by atoms with Gasteiger partial charge in [-0.25, -0.2) is 17.2 Å². The van der Waals surface area contributed by atoms with Crippen LogP contribution in [0.25, 0.3) is 0 Å². The van der Waals surface area contributed by atoms with Crippen molar-refractivity contribution in [3.05, 3.63) is 58.4 Å². The summed E-state index contributed by atoms with van der Waals surface area (Å²) in [5.74, 6) is -3.49. The largest absolute Gasteiger partial charge is 0.368 e. The molecule has 3 aliphatic rings. The Balaban J connectivity index is 1.63. The molecule has 4 atom stereocenters. The Morgan fingerprint density at radius 3 is 2.56 bits per heavy atom. The van der Waals surface area contributed by atoms with E-state index in [-0.39, 0.29) is 33.0 Å². The van der Waals surface area contributed by atoms with Gasteiger partial charge in [0.05, 0.1) is 15.5 Å². The van der Waals surface area contributed by atoms with Crippen LogP contribution in [-0.4, -0.2) is 48.0 Å². The highest BCUT2D eigenvalue weighted by Gasteiger charge is 2.73. The lowest BCUT2D eigenvalue weighted by Crippen LogP contribution is -2.53. The maximum Gasteiger partial charge on any atom is 0.273 e. The molecule has 1 aromatic carbocycles. The number of hydrogen-bond acceptors (Lipinski definition) is 5. The number of rotatable bonds is 6. The lowest BCUT2D eigenvalue weighted by atomic mass is 9.83. The third-order valence-corrected chi connectivity index (χ3v) is 8.72. The molecule has 1 aromatic heterocycles. The number of piperidine rings is 1. The van der Waals surface area contributed by atoms with Crippen LogP contribution in [0.1, 0.15) is 47.7 Å². The number of nitrogens with zero attached hydrogens (tertiary/aromatic N) is 2. The second kappa shape index (κ2) is 7.71. The lowest BCUT2D eigenvalue weighted by molar-refractivity contribution is -0.122. The smallest absolute Gasteiger partial charge is 0.273 e. The molecule has 1 saturated heterocycles. The van der Waals surface area contributed by atoms with E-state index in [1.54, 1.807) is 0 Å². The van der Waals surface area contributed by atoms with Crippen molar-refractivity contribution in [2.24, 2.45) is 17.6 Å². The SMILES string of the molecule is CS(=O)(=O)c1ccnc(C(=O)N2C(C(N)=O)CC3CC32[C@@H](c2cc(F)c(Cl)cc2F)C2CC2)c1.